The molecule has 4 aromatic rings. The summed E-state index contributed by atoms with van der Waals surface area (Å²) in [5, 5.41) is 2.36. The van der Waals surface area contributed by atoms with Gasteiger partial charge in [-0.3, -0.25) is 4.98 Å². The molecule has 2 heterocycles. The maximum Gasteiger partial charge on any atom is 0.0723 e. The summed E-state index contributed by atoms with van der Waals surface area (Å²) in [5.74, 6) is 0. The first-order valence-corrected chi connectivity index (χ1v) is 6.34. The van der Waals surface area contributed by atoms with E-state index in [1.807, 2.05) is 18.3 Å². The van der Waals surface area contributed by atoms with Gasteiger partial charge in [0.1, 0.15) is 0 Å². The van der Waals surface area contributed by atoms with Crippen LogP contribution in [0.2, 0.25) is 0 Å². The molecule has 0 N–H and O–H groups in total. The quantitative estimate of drug-likeness (QED) is 0.491. The van der Waals surface area contributed by atoms with E-state index in [0.29, 0.717) is 0 Å². The van der Waals surface area contributed by atoms with Gasteiger partial charge in [-0.2, -0.15) is 0 Å². The van der Waals surface area contributed by atoms with Gasteiger partial charge in [-0.1, -0.05) is 36.4 Å². The standard InChI is InChI=1S/C17H12N2/c1-2-6-14(7-3-1)19-11-10-13-12-18-16-9-5-4-8-15(16)17(13)19/h1-12H. The number of nitrogens with zero attached hydrogens (tertiary/aromatic N) is 2. The first kappa shape index (κ1) is 10.3. The molecule has 0 bridgehead atoms. The van der Waals surface area contributed by atoms with E-state index in [9.17, 15) is 0 Å². The van der Waals surface area contributed by atoms with Crippen molar-refractivity contribution in [3.8, 4) is 5.69 Å². The Bertz CT molecular complexity index is 860. The number of para-hydroxylation sites is 2. The highest BCUT2D eigenvalue weighted by Crippen LogP contribution is 2.26. The normalized spacial score (nSPS) is 11.2. The Morgan fingerprint density at radius 2 is 1.58 bits per heavy atom. The molecule has 0 spiro atoms. The van der Waals surface area contributed by atoms with E-state index in [2.05, 4.69) is 64.3 Å². The molecule has 0 fully saturated rings. The number of fused-ring (bicyclic) bond motifs is 3. The van der Waals surface area contributed by atoms with Gasteiger partial charge in [0.05, 0.1) is 11.0 Å². The second-order valence-electron chi connectivity index (χ2n) is 4.60. The second kappa shape index (κ2) is 3.95. The molecule has 2 nitrogen and oxygen atoms in total. The number of hydrogen-bond acceptors (Lipinski definition) is 1. The van der Waals surface area contributed by atoms with Crippen molar-refractivity contribution in [2.75, 3.05) is 0 Å². The Hall–Kier alpha value is -2.61. The van der Waals surface area contributed by atoms with E-state index in [0.717, 1.165) is 5.52 Å². The Labute approximate surface area is 110 Å². The van der Waals surface area contributed by atoms with Gasteiger partial charge in [-0.05, 0) is 24.3 Å². The predicted molar refractivity (Wildman–Crippen MR) is 78.6 cm³/mol. The smallest absolute Gasteiger partial charge is 0.0723 e. The maximum absolute atomic E-state index is 4.50. The number of pyridine rings is 1. The number of hydrogen-bond donors (Lipinski definition) is 0. The van der Waals surface area contributed by atoms with Crippen molar-refractivity contribution < 1.29 is 0 Å². The van der Waals surface area contributed by atoms with Gasteiger partial charge in [0.15, 0.2) is 0 Å². The highest BCUT2D eigenvalue weighted by atomic mass is 15.0. The molecular weight excluding hydrogens is 232 g/mol. The van der Waals surface area contributed by atoms with E-state index < -0.39 is 0 Å². The van der Waals surface area contributed by atoms with Crippen LogP contribution in [0.25, 0.3) is 27.5 Å². The van der Waals surface area contributed by atoms with Crippen molar-refractivity contribution in [2.24, 2.45) is 0 Å². The number of aromatic nitrogens is 2. The average molecular weight is 244 g/mol. The zero-order valence-corrected chi connectivity index (χ0v) is 10.3. The van der Waals surface area contributed by atoms with E-state index in [4.69, 9.17) is 0 Å². The van der Waals surface area contributed by atoms with Crippen molar-refractivity contribution in [3.63, 3.8) is 0 Å². The SMILES string of the molecule is c1ccc(-n2ccc3cnc4ccccc4c32)cc1. The van der Waals surface area contributed by atoms with Crippen LogP contribution in [0.1, 0.15) is 0 Å². The molecule has 0 aliphatic carbocycles. The average Bonchev–Trinajstić information content (AvgIpc) is 2.92. The summed E-state index contributed by atoms with van der Waals surface area (Å²) in [4.78, 5) is 4.50. The fraction of sp³-hybridized carbons (Fsp3) is 0. The van der Waals surface area contributed by atoms with Gasteiger partial charge in [-0.15, -0.1) is 0 Å². The van der Waals surface area contributed by atoms with Gasteiger partial charge < -0.3 is 4.57 Å². The molecule has 0 saturated carbocycles. The van der Waals surface area contributed by atoms with Crippen molar-refractivity contribution in [3.05, 3.63) is 73.1 Å². The second-order valence-corrected chi connectivity index (χ2v) is 4.60. The molecule has 0 unspecified atom stereocenters. The van der Waals surface area contributed by atoms with Gasteiger partial charge in [0, 0.05) is 28.9 Å². The van der Waals surface area contributed by atoms with Crippen LogP contribution in [-0.2, 0) is 0 Å². The molecule has 0 amide bonds. The topological polar surface area (TPSA) is 17.8 Å². The summed E-state index contributed by atoms with van der Waals surface area (Å²) >= 11 is 0. The minimum absolute atomic E-state index is 1.03. The maximum atomic E-state index is 4.50. The highest BCUT2D eigenvalue weighted by molar-refractivity contribution is 6.04. The van der Waals surface area contributed by atoms with E-state index in [1.54, 1.807) is 0 Å². The Kier molecular flexibility index (Phi) is 2.15. The van der Waals surface area contributed by atoms with Crippen LogP contribution in [0.5, 0.6) is 0 Å². The molecule has 0 aliphatic rings. The first-order valence-electron chi connectivity index (χ1n) is 6.34. The third kappa shape index (κ3) is 1.54. The molecule has 19 heavy (non-hydrogen) atoms. The Balaban J connectivity index is 2.15. The summed E-state index contributed by atoms with van der Waals surface area (Å²) in [6, 6.07) is 20.8. The predicted octanol–water partition coefficient (Wildman–Crippen LogP) is 4.18. The summed E-state index contributed by atoms with van der Waals surface area (Å²) in [5.41, 5.74) is 3.43. The van der Waals surface area contributed by atoms with Crippen LogP contribution in [0.4, 0.5) is 0 Å². The molecule has 2 aromatic carbocycles. The molecule has 4 rings (SSSR count). The minimum atomic E-state index is 1.03. The third-order valence-electron chi connectivity index (χ3n) is 3.45. The monoisotopic (exact) mass is 244 g/mol. The van der Waals surface area contributed by atoms with Gasteiger partial charge in [-0.25, -0.2) is 0 Å². The van der Waals surface area contributed by atoms with Crippen LogP contribution in [0.3, 0.4) is 0 Å². The van der Waals surface area contributed by atoms with Crippen LogP contribution in [0, 0.1) is 0 Å². The van der Waals surface area contributed by atoms with Crippen molar-refractivity contribution in [1.29, 1.82) is 0 Å². The van der Waals surface area contributed by atoms with Crippen molar-refractivity contribution in [2.45, 2.75) is 0 Å². The van der Waals surface area contributed by atoms with Crippen LogP contribution < -0.4 is 0 Å². The molecule has 0 radical (unpaired) electrons. The lowest BCUT2D eigenvalue weighted by Gasteiger charge is -2.07. The number of benzene rings is 2. The van der Waals surface area contributed by atoms with Gasteiger partial charge in [0.25, 0.3) is 0 Å². The lowest BCUT2D eigenvalue weighted by molar-refractivity contribution is 1.13. The fourth-order valence-corrected chi connectivity index (χ4v) is 2.57. The largest absolute Gasteiger partial charge is 0.316 e. The van der Waals surface area contributed by atoms with Gasteiger partial charge >= 0.3 is 0 Å². The van der Waals surface area contributed by atoms with Crippen LogP contribution in [-0.4, -0.2) is 9.55 Å². The molecule has 0 atom stereocenters. The highest BCUT2D eigenvalue weighted by Gasteiger charge is 2.07. The van der Waals surface area contributed by atoms with E-state index >= 15 is 0 Å². The third-order valence-corrected chi connectivity index (χ3v) is 3.45. The zero-order chi connectivity index (χ0) is 12.7. The summed E-state index contributed by atoms with van der Waals surface area (Å²) in [7, 11) is 0. The van der Waals surface area contributed by atoms with Crippen molar-refractivity contribution >= 4 is 21.8 Å². The van der Waals surface area contributed by atoms with Gasteiger partial charge in [0.2, 0.25) is 0 Å². The lowest BCUT2D eigenvalue weighted by atomic mass is 10.1. The summed E-state index contributed by atoms with van der Waals surface area (Å²) < 4.78 is 2.22. The Morgan fingerprint density at radius 3 is 2.47 bits per heavy atom. The fourth-order valence-electron chi connectivity index (χ4n) is 2.57. The summed E-state index contributed by atoms with van der Waals surface area (Å²) in [6.07, 6.45) is 4.05. The van der Waals surface area contributed by atoms with E-state index in [1.165, 1.54) is 22.0 Å². The van der Waals surface area contributed by atoms with Crippen molar-refractivity contribution in [1.82, 2.24) is 9.55 Å². The molecular formula is C17H12N2. The van der Waals surface area contributed by atoms with Crippen LogP contribution in [0.15, 0.2) is 73.1 Å². The number of rotatable bonds is 1. The van der Waals surface area contributed by atoms with Crippen LogP contribution >= 0.6 is 0 Å². The minimum Gasteiger partial charge on any atom is -0.316 e. The Morgan fingerprint density at radius 1 is 0.789 bits per heavy atom. The summed E-state index contributed by atoms with van der Waals surface area (Å²) in [6.45, 7) is 0. The molecule has 2 heteroatoms. The molecule has 90 valence electrons. The first-order chi connectivity index (χ1) is 9.43. The zero-order valence-electron chi connectivity index (χ0n) is 10.3. The molecule has 0 aliphatic heterocycles. The molecule has 2 aromatic heterocycles. The lowest BCUT2D eigenvalue weighted by Crippen LogP contribution is -1.92. The van der Waals surface area contributed by atoms with E-state index in [-0.39, 0.29) is 0 Å². The molecule has 0 saturated heterocycles.